The lowest BCUT2D eigenvalue weighted by atomic mass is 10.1. The van der Waals surface area contributed by atoms with Crippen LogP contribution in [0.2, 0.25) is 0 Å². The van der Waals surface area contributed by atoms with Crippen molar-refractivity contribution in [2.45, 2.75) is 32.8 Å². The number of rotatable bonds is 8. The van der Waals surface area contributed by atoms with Gasteiger partial charge in [0, 0.05) is 26.1 Å². The number of hydrogen-bond acceptors (Lipinski definition) is 5. The fourth-order valence-electron chi connectivity index (χ4n) is 2.12. The van der Waals surface area contributed by atoms with E-state index in [9.17, 15) is 18.3 Å². The number of morpholine rings is 1. The van der Waals surface area contributed by atoms with E-state index in [4.69, 9.17) is 4.74 Å². The number of aliphatic hydroxyl groups excluding tert-OH is 1. The van der Waals surface area contributed by atoms with Gasteiger partial charge in [-0.25, -0.2) is 8.42 Å². The van der Waals surface area contributed by atoms with Crippen LogP contribution >= 0.6 is 0 Å². The zero-order chi connectivity index (χ0) is 15.9. The van der Waals surface area contributed by atoms with Crippen LogP contribution in [0.1, 0.15) is 26.7 Å². The SMILES string of the molecule is CC(C)CC(O)CNC(=O)CCS(=O)(=O)N1CCOCC1. The van der Waals surface area contributed by atoms with Crippen LogP contribution in [0.25, 0.3) is 0 Å². The van der Waals surface area contributed by atoms with Crippen LogP contribution in [-0.4, -0.2) is 68.4 Å². The molecule has 7 nitrogen and oxygen atoms in total. The Morgan fingerprint density at radius 2 is 1.95 bits per heavy atom. The van der Waals surface area contributed by atoms with Gasteiger partial charge in [0.1, 0.15) is 0 Å². The molecule has 1 aliphatic rings. The second-order valence-electron chi connectivity index (χ2n) is 5.66. The molecule has 1 saturated heterocycles. The van der Waals surface area contributed by atoms with Gasteiger partial charge in [-0.1, -0.05) is 13.8 Å². The van der Waals surface area contributed by atoms with Gasteiger partial charge in [0.2, 0.25) is 15.9 Å². The minimum Gasteiger partial charge on any atom is -0.391 e. The summed E-state index contributed by atoms with van der Waals surface area (Å²) in [5.41, 5.74) is 0. The molecule has 1 fully saturated rings. The Hall–Kier alpha value is -0.700. The number of carbonyl (C=O) groups excluding carboxylic acids is 1. The van der Waals surface area contributed by atoms with Crippen molar-refractivity contribution in [1.29, 1.82) is 0 Å². The van der Waals surface area contributed by atoms with Gasteiger partial charge in [-0.3, -0.25) is 4.79 Å². The molecule has 0 radical (unpaired) electrons. The van der Waals surface area contributed by atoms with E-state index < -0.39 is 16.1 Å². The lowest BCUT2D eigenvalue weighted by molar-refractivity contribution is -0.121. The van der Waals surface area contributed by atoms with Crippen molar-refractivity contribution in [3.8, 4) is 0 Å². The Balaban J connectivity index is 2.28. The van der Waals surface area contributed by atoms with Crippen molar-refractivity contribution in [3.63, 3.8) is 0 Å². The van der Waals surface area contributed by atoms with E-state index in [1.165, 1.54) is 4.31 Å². The van der Waals surface area contributed by atoms with E-state index in [0.29, 0.717) is 38.6 Å². The molecule has 124 valence electrons. The molecule has 0 aromatic heterocycles. The highest BCUT2D eigenvalue weighted by Gasteiger charge is 2.24. The summed E-state index contributed by atoms with van der Waals surface area (Å²) in [6.07, 6.45) is -0.0784. The minimum absolute atomic E-state index is 0.0892. The van der Waals surface area contributed by atoms with Crippen molar-refractivity contribution in [2.24, 2.45) is 5.92 Å². The molecule has 21 heavy (non-hydrogen) atoms. The number of aliphatic hydroxyl groups is 1. The number of hydrogen-bond donors (Lipinski definition) is 2. The van der Waals surface area contributed by atoms with Gasteiger partial charge < -0.3 is 15.2 Å². The van der Waals surface area contributed by atoms with Gasteiger partial charge in [0.25, 0.3) is 0 Å². The van der Waals surface area contributed by atoms with Gasteiger partial charge in [-0.05, 0) is 12.3 Å². The number of sulfonamides is 1. The van der Waals surface area contributed by atoms with Crippen LogP contribution in [-0.2, 0) is 19.6 Å². The zero-order valence-corrected chi connectivity index (χ0v) is 13.6. The molecule has 1 atom stereocenters. The highest BCUT2D eigenvalue weighted by Crippen LogP contribution is 2.07. The van der Waals surface area contributed by atoms with Crippen molar-refractivity contribution in [3.05, 3.63) is 0 Å². The van der Waals surface area contributed by atoms with Gasteiger partial charge in [0.15, 0.2) is 0 Å². The minimum atomic E-state index is -3.41. The monoisotopic (exact) mass is 322 g/mol. The van der Waals surface area contributed by atoms with E-state index in [2.05, 4.69) is 5.32 Å². The van der Waals surface area contributed by atoms with E-state index >= 15 is 0 Å². The van der Waals surface area contributed by atoms with Crippen LogP contribution in [0.3, 0.4) is 0 Å². The molecule has 0 bridgehead atoms. The third kappa shape index (κ3) is 7.21. The van der Waals surface area contributed by atoms with Crippen molar-refractivity contribution in [2.75, 3.05) is 38.6 Å². The van der Waals surface area contributed by atoms with Crippen LogP contribution in [0.15, 0.2) is 0 Å². The first kappa shape index (κ1) is 18.3. The van der Waals surface area contributed by atoms with E-state index in [1.807, 2.05) is 13.8 Å². The molecule has 1 rings (SSSR count). The van der Waals surface area contributed by atoms with Crippen molar-refractivity contribution < 1.29 is 23.1 Å². The van der Waals surface area contributed by atoms with Crippen molar-refractivity contribution in [1.82, 2.24) is 9.62 Å². The van der Waals surface area contributed by atoms with Crippen LogP contribution in [0.5, 0.6) is 0 Å². The molecule has 1 heterocycles. The molecule has 0 saturated carbocycles. The first-order valence-corrected chi connectivity index (χ1v) is 8.92. The average Bonchev–Trinajstić information content (AvgIpc) is 2.43. The second kappa shape index (κ2) is 8.67. The number of nitrogens with zero attached hydrogens (tertiary/aromatic N) is 1. The van der Waals surface area contributed by atoms with Crippen molar-refractivity contribution >= 4 is 15.9 Å². The highest BCUT2D eigenvalue weighted by atomic mass is 32.2. The van der Waals surface area contributed by atoms with E-state index in [-0.39, 0.29) is 24.6 Å². The lowest BCUT2D eigenvalue weighted by Gasteiger charge is -2.25. The van der Waals surface area contributed by atoms with Gasteiger partial charge in [-0.15, -0.1) is 0 Å². The number of carbonyl (C=O) groups is 1. The Morgan fingerprint density at radius 1 is 1.33 bits per heavy atom. The number of nitrogens with one attached hydrogen (secondary N) is 1. The molecule has 2 N–H and O–H groups in total. The number of ether oxygens (including phenoxy) is 1. The first-order valence-electron chi connectivity index (χ1n) is 7.31. The maximum atomic E-state index is 12.0. The predicted octanol–water partition coefficient (Wildman–Crippen LogP) is -0.438. The molecular formula is C13H26N2O5S. The molecular weight excluding hydrogens is 296 g/mol. The molecule has 0 aliphatic carbocycles. The topological polar surface area (TPSA) is 95.9 Å². The van der Waals surface area contributed by atoms with Crippen LogP contribution in [0, 0.1) is 5.92 Å². The maximum Gasteiger partial charge on any atom is 0.221 e. The summed E-state index contributed by atoms with van der Waals surface area (Å²) in [4.78, 5) is 11.6. The third-order valence-corrected chi connectivity index (χ3v) is 5.10. The summed E-state index contributed by atoms with van der Waals surface area (Å²) in [5.74, 6) is -0.215. The molecule has 0 aromatic carbocycles. The van der Waals surface area contributed by atoms with Gasteiger partial charge in [0.05, 0.1) is 25.1 Å². The quantitative estimate of drug-likeness (QED) is 0.632. The summed E-state index contributed by atoms with van der Waals surface area (Å²) in [6.45, 7) is 5.61. The molecule has 0 spiro atoms. The Morgan fingerprint density at radius 3 is 2.52 bits per heavy atom. The standard InChI is InChI=1S/C13H26N2O5S/c1-11(2)9-12(16)10-14-13(17)3-8-21(18,19)15-4-6-20-7-5-15/h11-12,16H,3-10H2,1-2H3,(H,14,17). The summed E-state index contributed by atoms with van der Waals surface area (Å²) in [7, 11) is -3.41. The Bertz CT molecular complexity index is 418. The first-order chi connectivity index (χ1) is 9.81. The number of amides is 1. The smallest absolute Gasteiger partial charge is 0.221 e. The molecule has 0 aromatic rings. The summed E-state index contributed by atoms with van der Waals surface area (Å²) in [5, 5.41) is 12.2. The summed E-state index contributed by atoms with van der Waals surface area (Å²) in [6, 6.07) is 0. The average molecular weight is 322 g/mol. The molecule has 8 heteroatoms. The zero-order valence-electron chi connectivity index (χ0n) is 12.7. The summed E-state index contributed by atoms with van der Waals surface area (Å²) < 4.78 is 30.5. The second-order valence-corrected chi connectivity index (χ2v) is 7.75. The highest BCUT2D eigenvalue weighted by molar-refractivity contribution is 7.89. The largest absolute Gasteiger partial charge is 0.391 e. The third-order valence-electron chi connectivity index (χ3n) is 3.23. The fourth-order valence-corrected chi connectivity index (χ4v) is 3.53. The Labute approximate surface area is 126 Å². The van der Waals surface area contributed by atoms with Crippen LogP contribution in [0.4, 0.5) is 0 Å². The molecule has 1 unspecified atom stereocenters. The maximum absolute atomic E-state index is 12.0. The van der Waals surface area contributed by atoms with E-state index in [1.54, 1.807) is 0 Å². The Kier molecular flexibility index (Phi) is 7.58. The van der Waals surface area contributed by atoms with Gasteiger partial charge in [-0.2, -0.15) is 4.31 Å². The van der Waals surface area contributed by atoms with Crippen LogP contribution < -0.4 is 5.32 Å². The molecule has 1 amide bonds. The van der Waals surface area contributed by atoms with E-state index in [0.717, 1.165) is 0 Å². The normalized spacial score (nSPS) is 18.7. The lowest BCUT2D eigenvalue weighted by Crippen LogP contribution is -2.42. The predicted molar refractivity (Wildman–Crippen MR) is 79.3 cm³/mol. The fraction of sp³-hybridized carbons (Fsp3) is 0.923. The van der Waals surface area contributed by atoms with Gasteiger partial charge >= 0.3 is 0 Å². The summed E-state index contributed by atoms with van der Waals surface area (Å²) >= 11 is 0. The molecule has 1 aliphatic heterocycles.